The Morgan fingerprint density at radius 1 is 1.60 bits per heavy atom. The Morgan fingerprint density at radius 2 is 2.40 bits per heavy atom. The molecule has 1 unspecified atom stereocenters. The maximum absolute atomic E-state index is 11.5. The molecule has 0 saturated carbocycles. The van der Waals surface area contributed by atoms with E-state index in [1.807, 2.05) is 0 Å². The van der Waals surface area contributed by atoms with Gasteiger partial charge in [-0.2, -0.15) is 0 Å². The average Bonchev–Trinajstić information content (AvgIpc) is 2.58. The van der Waals surface area contributed by atoms with E-state index in [1.54, 1.807) is 23.2 Å². The van der Waals surface area contributed by atoms with Crippen molar-refractivity contribution in [2.45, 2.75) is 19.1 Å². The third-order valence-electron chi connectivity index (χ3n) is 2.42. The summed E-state index contributed by atoms with van der Waals surface area (Å²) in [5.74, 6) is 0.608. The molecule has 15 heavy (non-hydrogen) atoms. The van der Waals surface area contributed by atoms with Crippen LogP contribution in [0.1, 0.15) is 12.0 Å². The van der Waals surface area contributed by atoms with Gasteiger partial charge in [0.05, 0.1) is 6.61 Å². The van der Waals surface area contributed by atoms with Crippen molar-refractivity contribution in [3.8, 4) is 0 Å². The molecule has 3 N–H and O–H groups in total. The van der Waals surface area contributed by atoms with Gasteiger partial charge in [0, 0.05) is 25.2 Å². The summed E-state index contributed by atoms with van der Waals surface area (Å²) in [6.45, 7) is 0.477. The van der Waals surface area contributed by atoms with Gasteiger partial charge in [-0.15, -0.1) is 0 Å². The largest absolute Gasteiger partial charge is 0.392 e. The highest BCUT2D eigenvalue weighted by atomic mass is 16.3. The molecule has 1 aliphatic heterocycles. The zero-order valence-electron chi connectivity index (χ0n) is 8.26. The van der Waals surface area contributed by atoms with Crippen LogP contribution >= 0.6 is 0 Å². The molecule has 1 fully saturated rings. The second-order valence-electron chi connectivity index (χ2n) is 3.65. The number of nitrogens with two attached hydrogens (primary N) is 1. The summed E-state index contributed by atoms with van der Waals surface area (Å²) in [4.78, 5) is 17.2. The number of amides is 1. The first-order valence-electron chi connectivity index (χ1n) is 4.82. The first-order valence-corrected chi connectivity index (χ1v) is 4.82. The number of hydrogen-bond donors (Lipinski definition) is 2. The van der Waals surface area contributed by atoms with E-state index < -0.39 is 0 Å². The number of carbonyl (C=O) groups excluding carboxylic acids is 1. The molecule has 0 bridgehead atoms. The van der Waals surface area contributed by atoms with Crippen molar-refractivity contribution in [3.63, 3.8) is 0 Å². The smallest absolute Gasteiger partial charge is 0.229 e. The molecule has 0 aliphatic carbocycles. The first-order chi connectivity index (χ1) is 7.20. The van der Waals surface area contributed by atoms with Gasteiger partial charge in [-0.1, -0.05) is 6.07 Å². The van der Waals surface area contributed by atoms with Crippen LogP contribution in [-0.2, 0) is 11.4 Å². The molecule has 1 amide bonds. The number of aliphatic hydroxyl groups excluding tert-OH is 1. The van der Waals surface area contributed by atoms with Gasteiger partial charge in [0.2, 0.25) is 5.91 Å². The van der Waals surface area contributed by atoms with Gasteiger partial charge in [-0.05, 0) is 11.6 Å². The Morgan fingerprint density at radius 3 is 2.87 bits per heavy atom. The zero-order chi connectivity index (χ0) is 10.8. The topological polar surface area (TPSA) is 79.5 Å². The molecule has 1 saturated heterocycles. The Hall–Kier alpha value is -1.46. The van der Waals surface area contributed by atoms with Crippen molar-refractivity contribution >= 4 is 11.7 Å². The fraction of sp³-hybridized carbons (Fsp3) is 0.400. The highest BCUT2D eigenvalue weighted by Crippen LogP contribution is 2.18. The van der Waals surface area contributed by atoms with Crippen molar-refractivity contribution < 1.29 is 9.90 Å². The van der Waals surface area contributed by atoms with E-state index in [0.29, 0.717) is 18.8 Å². The minimum absolute atomic E-state index is 0.00625. The summed E-state index contributed by atoms with van der Waals surface area (Å²) >= 11 is 0. The first kappa shape index (κ1) is 10.1. The standard InChI is InChI=1S/C10H13N3O2/c11-8-3-10(15)13(5-8)9-2-1-7(6-14)4-12-9/h1-2,4,8,14H,3,5-6,11H2. The maximum Gasteiger partial charge on any atom is 0.229 e. The number of anilines is 1. The number of aliphatic hydroxyl groups is 1. The van der Waals surface area contributed by atoms with Crippen molar-refractivity contribution in [2.24, 2.45) is 5.73 Å². The van der Waals surface area contributed by atoms with Crippen LogP contribution in [-0.4, -0.2) is 28.6 Å². The Bertz CT molecular complexity index is 363. The average molecular weight is 207 g/mol. The summed E-state index contributed by atoms with van der Waals surface area (Å²) in [6.07, 6.45) is 1.94. The predicted molar refractivity (Wildman–Crippen MR) is 55.1 cm³/mol. The maximum atomic E-state index is 11.5. The predicted octanol–water partition coefficient (Wildman–Crippen LogP) is -0.362. The van der Waals surface area contributed by atoms with Crippen LogP contribution < -0.4 is 10.6 Å². The zero-order valence-corrected chi connectivity index (χ0v) is 8.26. The lowest BCUT2D eigenvalue weighted by Crippen LogP contribution is -2.28. The molecule has 2 heterocycles. The Labute approximate surface area is 87.5 Å². The van der Waals surface area contributed by atoms with Gasteiger partial charge in [0.25, 0.3) is 0 Å². The molecule has 80 valence electrons. The number of nitrogens with zero attached hydrogens (tertiary/aromatic N) is 2. The van der Waals surface area contributed by atoms with Crippen LogP contribution in [0.15, 0.2) is 18.3 Å². The summed E-state index contributed by atoms with van der Waals surface area (Å²) in [5.41, 5.74) is 6.41. The van der Waals surface area contributed by atoms with Crippen LogP contribution in [0.4, 0.5) is 5.82 Å². The normalized spacial score (nSPS) is 21.1. The number of carbonyl (C=O) groups is 1. The molecule has 1 aliphatic rings. The number of rotatable bonds is 2. The molecule has 2 rings (SSSR count). The number of hydrogen-bond acceptors (Lipinski definition) is 4. The molecule has 0 radical (unpaired) electrons. The second kappa shape index (κ2) is 3.96. The highest BCUT2D eigenvalue weighted by Gasteiger charge is 2.28. The van der Waals surface area contributed by atoms with Gasteiger partial charge in [-0.25, -0.2) is 4.98 Å². The quantitative estimate of drug-likeness (QED) is 0.694. The molecule has 5 nitrogen and oxygen atoms in total. The summed E-state index contributed by atoms with van der Waals surface area (Å²) in [7, 11) is 0. The van der Waals surface area contributed by atoms with Gasteiger partial charge < -0.3 is 10.8 Å². The monoisotopic (exact) mass is 207 g/mol. The molecule has 5 heteroatoms. The van der Waals surface area contributed by atoms with E-state index in [2.05, 4.69) is 4.98 Å². The molecular weight excluding hydrogens is 194 g/mol. The summed E-state index contributed by atoms with van der Waals surface area (Å²) < 4.78 is 0. The molecule has 1 aromatic heterocycles. The van der Waals surface area contributed by atoms with Crippen molar-refractivity contribution in [2.75, 3.05) is 11.4 Å². The second-order valence-corrected chi connectivity index (χ2v) is 3.65. The minimum atomic E-state index is -0.100. The summed E-state index contributed by atoms with van der Waals surface area (Å²) in [5, 5.41) is 8.85. The number of pyridine rings is 1. The van der Waals surface area contributed by atoms with Gasteiger partial charge in [0.1, 0.15) is 5.82 Å². The third-order valence-corrected chi connectivity index (χ3v) is 2.42. The molecular formula is C10H13N3O2. The van der Waals surface area contributed by atoms with Crippen molar-refractivity contribution in [1.29, 1.82) is 0 Å². The lowest BCUT2D eigenvalue weighted by Gasteiger charge is -2.14. The summed E-state index contributed by atoms with van der Waals surface area (Å²) in [6, 6.07) is 3.37. The van der Waals surface area contributed by atoms with E-state index in [-0.39, 0.29) is 18.6 Å². The van der Waals surface area contributed by atoms with Gasteiger partial charge in [-0.3, -0.25) is 9.69 Å². The van der Waals surface area contributed by atoms with Crippen LogP contribution in [0.25, 0.3) is 0 Å². The molecule has 1 atom stereocenters. The fourth-order valence-electron chi connectivity index (χ4n) is 1.63. The van der Waals surface area contributed by atoms with E-state index in [9.17, 15) is 4.79 Å². The molecule has 0 aromatic carbocycles. The Balaban J connectivity index is 2.19. The van der Waals surface area contributed by atoms with Crippen LogP contribution in [0, 0.1) is 0 Å². The van der Waals surface area contributed by atoms with Crippen molar-refractivity contribution in [1.82, 2.24) is 4.98 Å². The fourth-order valence-corrected chi connectivity index (χ4v) is 1.63. The lowest BCUT2D eigenvalue weighted by molar-refractivity contribution is -0.117. The molecule has 0 spiro atoms. The van der Waals surface area contributed by atoms with E-state index >= 15 is 0 Å². The third kappa shape index (κ3) is 1.98. The minimum Gasteiger partial charge on any atom is -0.392 e. The van der Waals surface area contributed by atoms with Gasteiger partial charge >= 0.3 is 0 Å². The number of aromatic nitrogens is 1. The van der Waals surface area contributed by atoms with E-state index in [4.69, 9.17) is 10.8 Å². The highest BCUT2D eigenvalue weighted by molar-refractivity contribution is 5.95. The van der Waals surface area contributed by atoms with Crippen molar-refractivity contribution in [3.05, 3.63) is 23.9 Å². The van der Waals surface area contributed by atoms with Crippen LogP contribution in [0.5, 0.6) is 0 Å². The lowest BCUT2D eigenvalue weighted by atomic mass is 10.3. The molecule has 1 aromatic rings. The van der Waals surface area contributed by atoms with E-state index in [1.165, 1.54) is 0 Å². The van der Waals surface area contributed by atoms with Gasteiger partial charge in [0.15, 0.2) is 0 Å². The SMILES string of the molecule is NC1CC(=O)N(c2ccc(CO)cn2)C1. The van der Waals surface area contributed by atoms with Crippen LogP contribution in [0.3, 0.4) is 0 Å². The Kier molecular flexibility index (Phi) is 2.66. The van der Waals surface area contributed by atoms with Crippen LogP contribution in [0.2, 0.25) is 0 Å². The van der Waals surface area contributed by atoms with E-state index in [0.717, 1.165) is 5.56 Å².